The van der Waals surface area contributed by atoms with E-state index in [0.29, 0.717) is 24.8 Å². The molecule has 8 heteroatoms. The monoisotopic (exact) mass is 461 g/mol. The zero-order valence-electron chi connectivity index (χ0n) is 15.8. The molecule has 3 unspecified atom stereocenters. The van der Waals surface area contributed by atoms with E-state index in [0.717, 1.165) is 32.1 Å². The first-order chi connectivity index (χ1) is 12.6. The van der Waals surface area contributed by atoms with Gasteiger partial charge >= 0.3 is 5.97 Å². The molecule has 5 rings (SSSR count). The Morgan fingerprint density at radius 1 is 1.19 bits per heavy atom. The average Bonchev–Trinajstić information content (AvgIpc) is 2.90. The van der Waals surface area contributed by atoms with Gasteiger partial charge in [-0.2, -0.15) is 0 Å². The molecule has 0 aromatic carbocycles. The number of ether oxygens (including phenoxy) is 1. The summed E-state index contributed by atoms with van der Waals surface area (Å²) in [6, 6.07) is -0.295. The molecule has 5 aliphatic rings. The van der Waals surface area contributed by atoms with Crippen LogP contribution in [-0.4, -0.2) is 60.2 Å². The fourth-order valence-corrected chi connectivity index (χ4v) is 9.60. The highest BCUT2D eigenvalue weighted by Crippen LogP contribution is 2.64. The van der Waals surface area contributed by atoms with Gasteiger partial charge in [0.15, 0.2) is 16.4 Å². The van der Waals surface area contributed by atoms with Crippen molar-refractivity contribution < 1.29 is 22.7 Å². The third-order valence-electron chi connectivity index (χ3n) is 7.06. The Balaban J connectivity index is 1.38. The van der Waals surface area contributed by atoms with Crippen LogP contribution < -0.4 is 0 Å². The summed E-state index contributed by atoms with van der Waals surface area (Å²) in [5.74, 6) is 0.768. The molecule has 4 saturated carbocycles. The highest BCUT2D eigenvalue weighted by Gasteiger charge is 2.60. The van der Waals surface area contributed by atoms with Gasteiger partial charge in [0.05, 0.1) is 16.9 Å². The molecule has 27 heavy (non-hydrogen) atoms. The summed E-state index contributed by atoms with van der Waals surface area (Å²) in [6.07, 6.45) is 6.51. The third kappa shape index (κ3) is 3.68. The molecular weight excluding hydrogens is 434 g/mol. The van der Waals surface area contributed by atoms with Crippen molar-refractivity contribution >= 4 is 37.6 Å². The smallest absolute Gasteiger partial charge is 0.312 e. The molecule has 3 atom stereocenters. The number of carbonyl (C=O) groups excluding carboxylic acids is 2. The van der Waals surface area contributed by atoms with Crippen LogP contribution in [0.4, 0.5) is 0 Å². The Morgan fingerprint density at radius 3 is 2.37 bits per heavy atom. The Kier molecular flexibility index (Phi) is 4.89. The number of sulfone groups is 1. The molecule has 0 aromatic rings. The van der Waals surface area contributed by atoms with Gasteiger partial charge in [0.25, 0.3) is 5.91 Å². The van der Waals surface area contributed by atoms with E-state index in [1.54, 1.807) is 4.90 Å². The predicted molar refractivity (Wildman–Crippen MR) is 104 cm³/mol. The molecule has 4 bridgehead atoms. The maximum atomic E-state index is 13.0. The van der Waals surface area contributed by atoms with Gasteiger partial charge in [-0.3, -0.25) is 9.59 Å². The van der Waals surface area contributed by atoms with Gasteiger partial charge in [-0.15, -0.1) is 0 Å². The number of rotatable bonds is 5. The van der Waals surface area contributed by atoms with Crippen LogP contribution in [-0.2, 0) is 24.2 Å². The second-order valence-corrected chi connectivity index (χ2v) is 13.1. The average molecular weight is 462 g/mol. The number of carbonyl (C=O) groups is 2. The highest BCUT2D eigenvalue weighted by molar-refractivity contribution is 9.10. The Labute approximate surface area is 169 Å². The number of halogens is 1. The lowest BCUT2D eigenvalue weighted by Crippen LogP contribution is -2.56. The van der Waals surface area contributed by atoms with Crippen molar-refractivity contribution in [1.29, 1.82) is 0 Å². The van der Waals surface area contributed by atoms with Crippen LogP contribution in [0.2, 0.25) is 0 Å². The van der Waals surface area contributed by atoms with E-state index in [1.165, 1.54) is 6.42 Å². The molecule has 0 aromatic heterocycles. The van der Waals surface area contributed by atoms with E-state index in [4.69, 9.17) is 4.74 Å². The van der Waals surface area contributed by atoms with Gasteiger partial charge in [0, 0.05) is 16.9 Å². The first-order valence-corrected chi connectivity index (χ1v) is 12.6. The molecule has 0 N–H and O–H groups in total. The molecule has 0 spiro atoms. The van der Waals surface area contributed by atoms with Crippen molar-refractivity contribution in [2.24, 2.45) is 17.3 Å². The molecule has 4 aliphatic carbocycles. The van der Waals surface area contributed by atoms with Gasteiger partial charge < -0.3 is 9.64 Å². The Morgan fingerprint density at radius 2 is 1.85 bits per heavy atom. The van der Waals surface area contributed by atoms with Crippen LogP contribution in [0, 0.1) is 17.3 Å². The lowest BCUT2D eigenvalue weighted by Gasteiger charge is -2.58. The number of likely N-dealkylation sites (N-methyl/N-ethyl adjacent to an activating group) is 1. The van der Waals surface area contributed by atoms with Crippen LogP contribution in [0.1, 0.15) is 51.9 Å². The largest absolute Gasteiger partial charge is 0.455 e. The van der Waals surface area contributed by atoms with Crippen LogP contribution in [0.3, 0.4) is 0 Å². The number of hydrogen-bond acceptors (Lipinski definition) is 5. The van der Waals surface area contributed by atoms with E-state index >= 15 is 0 Å². The summed E-state index contributed by atoms with van der Waals surface area (Å²) in [5.41, 5.74) is -0.443. The topological polar surface area (TPSA) is 80.8 Å². The van der Waals surface area contributed by atoms with Crippen molar-refractivity contribution in [3.63, 3.8) is 0 Å². The lowest BCUT2D eigenvalue weighted by molar-refractivity contribution is -0.173. The Hall–Kier alpha value is -0.630. The van der Waals surface area contributed by atoms with Crippen LogP contribution >= 0.6 is 15.9 Å². The SMILES string of the molecule is CCN(C(=O)COC(=O)C12CC3CC(CC(Br)(C3)C1)C2)C1CCS(=O)(=O)C1. The van der Waals surface area contributed by atoms with Crippen LogP contribution in [0.15, 0.2) is 0 Å². The minimum Gasteiger partial charge on any atom is -0.455 e. The second-order valence-electron chi connectivity index (χ2n) is 9.20. The highest BCUT2D eigenvalue weighted by atomic mass is 79.9. The quantitative estimate of drug-likeness (QED) is 0.463. The molecule has 1 heterocycles. The van der Waals surface area contributed by atoms with E-state index in [2.05, 4.69) is 15.9 Å². The van der Waals surface area contributed by atoms with Gasteiger partial charge in [-0.1, -0.05) is 15.9 Å². The van der Waals surface area contributed by atoms with Crippen molar-refractivity contribution in [3.8, 4) is 0 Å². The Bertz CT molecular complexity index is 737. The zero-order valence-corrected chi connectivity index (χ0v) is 18.2. The van der Waals surface area contributed by atoms with Crippen molar-refractivity contribution in [2.45, 2.75) is 62.2 Å². The summed E-state index contributed by atoms with van der Waals surface area (Å²) < 4.78 is 29.0. The number of hydrogen-bond donors (Lipinski definition) is 0. The summed E-state index contributed by atoms with van der Waals surface area (Å²) in [7, 11) is -3.06. The van der Waals surface area contributed by atoms with Crippen molar-refractivity contribution in [1.82, 2.24) is 4.90 Å². The van der Waals surface area contributed by atoms with Gasteiger partial charge in [-0.25, -0.2) is 8.42 Å². The molecule has 1 aliphatic heterocycles. The molecular formula is C19H28BrNO5S. The molecule has 152 valence electrons. The second kappa shape index (κ2) is 6.71. The van der Waals surface area contributed by atoms with Crippen LogP contribution in [0.25, 0.3) is 0 Å². The van der Waals surface area contributed by atoms with E-state index in [-0.39, 0.29) is 40.4 Å². The van der Waals surface area contributed by atoms with E-state index in [1.807, 2.05) is 6.92 Å². The summed E-state index contributed by atoms with van der Waals surface area (Å²) in [6.45, 7) is 1.98. The first-order valence-electron chi connectivity index (χ1n) is 10.00. The molecule has 1 amide bonds. The van der Waals surface area contributed by atoms with Crippen molar-refractivity contribution in [3.05, 3.63) is 0 Å². The van der Waals surface area contributed by atoms with Gasteiger partial charge in [0.1, 0.15) is 0 Å². The normalized spacial score (nSPS) is 41.5. The maximum Gasteiger partial charge on any atom is 0.312 e. The third-order valence-corrected chi connectivity index (χ3v) is 9.74. The van der Waals surface area contributed by atoms with E-state index in [9.17, 15) is 18.0 Å². The van der Waals surface area contributed by atoms with Gasteiger partial charge in [-0.05, 0) is 63.7 Å². The predicted octanol–water partition coefficient (Wildman–Crippen LogP) is 2.30. The number of amides is 1. The lowest BCUT2D eigenvalue weighted by atomic mass is 9.49. The number of nitrogens with zero attached hydrogens (tertiary/aromatic N) is 1. The van der Waals surface area contributed by atoms with Gasteiger partial charge in [0.2, 0.25) is 0 Å². The fraction of sp³-hybridized carbons (Fsp3) is 0.895. The minimum atomic E-state index is -3.06. The standard InChI is InChI=1S/C19H28BrNO5S/c1-2-21(15-3-4-27(24,25)11-15)16(22)10-26-17(23)18-6-13-5-14(7-18)9-19(20,8-13)12-18/h13-15H,2-12H2,1H3. The fourth-order valence-electron chi connectivity index (χ4n) is 6.41. The van der Waals surface area contributed by atoms with E-state index < -0.39 is 15.3 Å². The zero-order chi connectivity index (χ0) is 19.4. The first kappa shape index (κ1) is 19.7. The molecule has 0 radical (unpaired) electrons. The summed E-state index contributed by atoms with van der Waals surface area (Å²) in [5, 5.41) is 0. The molecule has 1 saturated heterocycles. The number of alkyl halides is 1. The van der Waals surface area contributed by atoms with Crippen molar-refractivity contribution in [2.75, 3.05) is 24.7 Å². The number of esters is 1. The summed E-state index contributed by atoms with van der Waals surface area (Å²) in [4.78, 5) is 27.1. The summed E-state index contributed by atoms with van der Waals surface area (Å²) >= 11 is 3.89. The van der Waals surface area contributed by atoms with Crippen LogP contribution in [0.5, 0.6) is 0 Å². The minimum absolute atomic E-state index is 0.0138. The molecule has 5 fully saturated rings. The molecule has 6 nitrogen and oxygen atoms in total. The maximum absolute atomic E-state index is 13.0.